The van der Waals surface area contributed by atoms with Crippen LogP contribution in [-0.2, 0) is 21.4 Å². The van der Waals surface area contributed by atoms with Crippen molar-refractivity contribution in [1.29, 1.82) is 0 Å². The maximum Gasteiger partial charge on any atom is 0.243 e. The highest BCUT2D eigenvalue weighted by atomic mass is 16.5. The second-order valence-corrected chi connectivity index (χ2v) is 22.6. The molecule has 20 heteroatoms. The van der Waals surface area contributed by atoms with E-state index < -0.39 is 18.1 Å². The number of nitrogens with zero attached hydrogens (tertiary/aromatic N) is 11. The number of nitrogens with one attached hydrogen (secondary N) is 1. The molecule has 0 unspecified atom stereocenters. The summed E-state index contributed by atoms with van der Waals surface area (Å²) in [4.78, 5) is 43.7. The lowest BCUT2D eigenvalue weighted by atomic mass is 9.91. The van der Waals surface area contributed by atoms with Gasteiger partial charge in [0.15, 0.2) is 17.4 Å². The van der Waals surface area contributed by atoms with Gasteiger partial charge in [-0.15, -0.1) is 10.2 Å². The molecule has 4 saturated heterocycles. The molecule has 8 heterocycles. The molecule has 1 saturated carbocycles. The largest absolute Gasteiger partial charge is 0.507 e. The fraction of sp³-hybridized carbons (Fsp3) is 0.508. The number of aliphatic hydroxyl groups excluding tert-OH is 1. The van der Waals surface area contributed by atoms with Gasteiger partial charge in [-0.25, -0.2) is 4.98 Å². The highest BCUT2D eigenvalue weighted by Crippen LogP contribution is 2.37. The zero-order valence-electron chi connectivity index (χ0n) is 45.8. The van der Waals surface area contributed by atoms with Gasteiger partial charge in [-0.2, -0.15) is 5.10 Å². The van der Waals surface area contributed by atoms with Gasteiger partial charge >= 0.3 is 0 Å². The first-order valence-electron chi connectivity index (χ1n) is 28.3. The van der Waals surface area contributed by atoms with E-state index in [0.717, 1.165) is 131 Å². The number of carbonyl (C=O) groups is 2. The summed E-state index contributed by atoms with van der Waals surface area (Å²) >= 11 is 0. The van der Waals surface area contributed by atoms with Crippen LogP contribution in [-0.4, -0.2) is 158 Å². The van der Waals surface area contributed by atoms with Crippen molar-refractivity contribution < 1.29 is 33.8 Å². The van der Waals surface area contributed by atoms with Gasteiger partial charge in [0, 0.05) is 128 Å². The third kappa shape index (κ3) is 12.2. The van der Waals surface area contributed by atoms with E-state index in [2.05, 4.69) is 50.4 Å². The maximum atomic E-state index is 14.4. The number of anilines is 4. The van der Waals surface area contributed by atoms with E-state index in [0.29, 0.717) is 34.6 Å². The number of carbonyl (C=O) groups excluding carboxylic acids is 2. The molecule has 5 N–H and O–H groups in total. The van der Waals surface area contributed by atoms with Crippen molar-refractivity contribution in [3.8, 4) is 34.1 Å². The number of benzene rings is 2. The Morgan fingerprint density at radius 1 is 0.810 bits per heavy atom. The number of aromatic hydroxyl groups is 1. The number of nitrogens with two attached hydrogens (primary N) is 1. The quantitative estimate of drug-likeness (QED) is 0.0771. The first kappa shape index (κ1) is 53.7. The molecule has 2 amide bonds. The summed E-state index contributed by atoms with van der Waals surface area (Å²) in [5.41, 5.74) is 12.3. The van der Waals surface area contributed by atoms with Crippen LogP contribution in [0, 0.1) is 11.8 Å². The second kappa shape index (κ2) is 23.6. The summed E-state index contributed by atoms with van der Waals surface area (Å²) < 4.78 is 20.7. The number of phenols is 1. The van der Waals surface area contributed by atoms with Crippen molar-refractivity contribution in [2.75, 3.05) is 85.9 Å². The topological polar surface area (TPSA) is 230 Å². The SMILES string of the molecule is CC(C)[C@@H](C(=O)N1C[C@H](O)C[C@H]1C(=O)N[C@@H](C)c1ccc(-c2ccnn2C)cc1)c1cc(N2CCC(CN3CCC(O[C@H]4C[C@H](Oc5cc(N6CCN(c7cc(-c8ccccc8O)nnc7N)CC6)ccn5)C4)CC3)CC2)no1. The summed E-state index contributed by atoms with van der Waals surface area (Å²) in [6.07, 6.45) is 9.36. The van der Waals surface area contributed by atoms with Crippen molar-refractivity contribution >= 4 is 34.8 Å². The number of β-amino-alcohol motifs (C(OH)–C–C–N with tert-alkyl or cyclic N) is 1. The smallest absolute Gasteiger partial charge is 0.243 e. The first-order chi connectivity index (χ1) is 38.3. The van der Waals surface area contributed by atoms with Gasteiger partial charge in [0.05, 0.1) is 41.4 Å². The number of hydrogen-bond acceptors (Lipinski definition) is 17. The van der Waals surface area contributed by atoms with Crippen molar-refractivity contribution in [3.05, 3.63) is 103 Å². The van der Waals surface area contributed by atoms with Crippen molar-refractivity contribution in [2.45, 2.75) is 108 Å². The van der Waals surface area contributed by atoms with Crippen molar-refractivity contribution in [2.24, 2.45) is 18.9 Å². The molecule has 5 aliphatic rings. The lowest BCUT2D eigenvalue weighted by Crippen LogP contribution is -2.48. The molecule has 4 aliphatic heterocycles. The van der Waals surface area contributed by atoms with E-state index in [9.17, 15) is 19.8 Å². The Morgan fingerprint density at radius 3 is 2.28 bits per heavy atom. The number of para-hydroxylation sites is 1. The van der Waals surface area contributed by atoms with Gasteiger partial charge in [-0.3, -0.25) is 14.3 Å². The molecule has 4 atom stereocenters. The molecule has 20 nitrogen and oxygen atoms in total. The average Bonchev–Trinajstić information content (AvgIpc) is 4.24. The minimum Gasteiger partial charge on any atom is -0.507 e. The van der Waals surface area contributed by atoms with E-state index in [1.54, 1.807) is 18.3 Å². The molecule has 79 heavy (non-hydrogen) atoms. The Kier molecular flexibility index (Phi) is 16.0. The standard InChI is InChI=1S/C59H75N13O7/c1-37(2)56(59(76)72-36-43(73)30-51(72)58(75)63-38(3)40-9-11-41(12-10-40)49-14-20-62-67(49)4)53-34-54(66-79-53)71-23-15-39(16-24-71)35-68-21-17-44(18-22-68)77-45-31-46(32-45)78-55-29-42(13-19-61-55)69-25-27-70(28-26-69)50-33-48(64-65-57(50)60)47-7-5-6-8-52(47)74/h5-14,19-20,29,33-34,37-39,43-46,51,56,73-74H,15-18,21-28,30-32,35-36H2,1-4H3,(H2,60,65)(H,63,75)/t38-,43+,45-,46-,51-,56+/m0/s1. The number of piperidine rings is 2. The van der Waals surface area contributed by atoms with Crippen LogP contribution in [0.5, 0.6) is 11.6 Å². The molecule has 0 radical (unpaired) electrons. The summed E-state index contributed by atoms with van der Waals surface area (Å²) in [5, 5.41) is 41.5. The number of piperazine rings is 1. The molecular weight excluding hydrogens is 1000 g/mol. The molecule has 11 rings (SSSR count). The molecule has 5 fully saturated rings. The fourth-order valence-electron chi connectivity index (χ4n) is 12.2. The number of hydrogen-bond donors (Lipinski definition) is 4. The van der Waals surface area contributed by atoms with E-state index in [1.807, 2.05) is 105 Å². The molecule has 2 aromatic carbocycles. The Morgan fingerprint density at radius 2 is 1.56 bits per heavy atom. The Balaban J connectivity index is 0.589. The van der Waals surface area contributed by atoms with Gasteiger partial charge in [0.2, 0.25) is 17.7 Å². The van der Waals surface area contributed by atoms with Crippen LogP contribution >= 0.6 is 0 Å². The lowest BCUT2D eigenvalue weighted by Gasteiger charge is -2.41. The highest BCUT2D eigenvalue weighted by Gasteiger charge is 2.44. The molecule has 6 aromatic rings. The van der Waals surface area contributed by atoms with E-state index in [1.165, 1.54) is 4.90 Å². The normalized spacial score (nSPS) is 22.3. The molecular formula is C59H75N13O7. The van der Waals surface area contributed by atoms with Gasteiger partial charge in [-0.05, 0) is 85.9 Å². The maximum absolute atomic E-state index is 14.4. The number of pyridine rings is 1. The number of nitrogen functional groups attached to an aromatic ring is 1. The zero-order valence-corrected chi connectivity index (χ0v) is 45.8. The first-order valence-corrected chi connectivity index (χ1v) is 28.3. The van der Waals surface area contributed by atoms with Crippen LogP contribution < -0.4 is 30.5 Å². The number of rotatable bonds is 17. The van der Waals surface area contributed by atoms with Gasteiger partial charge in [0.1, 0.15) is 23.8 Å². The predicted octanol–water partition coefficient (Wildman–Crippen LogP) is 6.43. The summed E-state index contributed by atoms with van der Waals surface area (Å²) in [7, 11) is 1.90. The van der Waals surface area contributed by atoms with Crippen LogP contribution in [0.3, 0.4) is 0 Å². The van der Waals surface area contributed by atoms with Gasteiger partial charge < -0.3 is 59.8 Å². The number of amides is 2. The molecule has 1 aliphatic carbocycles. The lowest BCUT2D eigenvalue weighted by molar-refractivity contribution is -0.141. The Bertz CT molecular complexity index is 3030. The van der Waals surface area contributed by atoms with Crippen molar-refractivity contribution in [1.82, 2.24) is 45.2 Å². The number of aromatic nitrogens is 6. The average molecular weight is 1080 g/mol. The molecule has 0 bridgehead atoms. The third-order valence-electron chi connectivity index (χ3n) is 16.9. The number of ether oxygens (including phenoxy) is 2. The summed E-state index contributed by atoms with van der Waals surface area (Å²) in [6, 6.07) is 23.8. The number of phenolic OH excluding ortho intramolecular Hbond substituents is 1. The number of aliphatic hydroxyl groups is 1. The predicted molar refractivity (Wildman–Crippen MR) is 301 cm³/mol. The molecule has 0 spiro atoms. The Labute approximate surface area is 461 Å². The number of aryl methyl sites for hydroxylation is 1. The van der Waals surface area contributed by atoms with E-state index in [-0.39, 0.29) is 60.8 Å². The molecule has 418 valence electrons. The zero-order chi connectivity index (χ0) is 54.7. The van der Waals surface area contributed by atoms with Crippen LogP contribution in [0.4, 0.5) is 23.0 Å². The van der Waals surface area contributed by atoms with Gasteiger partial charge in [0.25, 0.3) is 0 Å². The van der Waals surface area contributed by atoms with Crippen LogP contribution in [0.25, 0.3) is 22.5 Å². The van der Waals surface area contributed by atoms with E-state index in [4.69, 9.17) is 19.7 Å². The van der Waals surface area contributed by atoms with Crippen LogP contribution in [0.15, 0.2) is 95.8 Å². The minimum absolute atomic E-state index is 0.0805. The second-order valence-electron chi connectivity index (χ2n) is 22.6. The van der Waals surface area contributed by atoms with E-state index >= 15 is 0 Å². The number of likely N-dealkylation sites (tertiary alicyclic amines) is 2. The summed E-state index contributed by atoms with van der Waals surface area (Å²) in [6.45, 7) is 13.9. The third-order valence-corrected chi connectivity index (χ3v) is 16.9. The Hall–Kier alpha value is -7.29. The van der Waals surface area contributed by atoms with Crippen LogP contribution in [0.2, 0.25) is 0 Å². The van der Waals surface area contributed by atoms with Crippen molar-refractivity contribution in [3.63, 3.8) is 0 Å². The monoisotopic (exact) mass is 1080 g/mol. The molecule has 4 aromatic heterocycles. The highest BCUT2D eigenvalue weighted by molar-refractivity contribution is 5.91. The summed E-state index contributed by atoms with van der Waals surface area (Å²) in [5.74, 6) is 1.64. The van der Waals surface area contributed by atoms with Crippen LogP contribution in [0.1, 0.15) is 89.0 Å². The fourth-order valence-corrected chi connectivity index (χ4v) is 12.2. The van der Waals surface area contributed by atoms with Gasteiger partial charge in [-0.1, -0.05) is 55.4 Å². The minimum atomic E-state index is -0.806.